The summed E-state index contributed by atoms with van der Waals surface area (Å²) in [6.45, 7) is 4.01. The lowest BCUT2D eigenvalue weighted by Crippen LogP contribution is -2.17. The maximum atomic E-state index is 11.8. The van der Waals surface area contributed by atoms with Gasteiger partial charge in [-0.2, -0.15) is 0 Å². The van der Waals surface area contributed by atoms with Gasteiger partial charge in [-0.1, -0.05) is 25.5 Å². The third-order valence-electron chi connectivity index (χ3n) is 2.86. The van der Waals surface area contributed by atoms with E-state index in [0.29, 0.717) is 12.1 Å². The van der Waals surface area contributed by atoms with Crippen molar-refractivity contribution in [2.75, 3.05) is 17.5 Å². The number of anilines is 1. The zero-order valence-corrected chi connectivity index (χ0v) is 12.0. The zero-order chi connectivity index (χ0) is 13.6. The second-order valence-corrected chi connectivity index (χ2v) is 6.25. The standard InChI is InChI=1S/C13H22N2O2S/c1-4-5-9-18(16,17)15-13-8-6-7-12(10-13)11(2)14-3/h6-8,10-11,14-15H,4-5,9H2,1-3H3. The van der Waals surface area contributed by atoms with Crippen LogP contribution in [0.4, 0.5) is 5.69 Å². The monoisotopic (exact) mass is 270 g/mol. The van der Waals surface area contributed by atoms with Crippen LogP contribution in [0.2, 0.25) is 0 Å². The molecule has 0 aliphatic rings. The highest BCUT2D eigenvalue weighted by Gasteiger charge is 2.10. The molecular weight excluding hydrogens is 248 g/mol. The molecule has 1 aromatic rings. The molecule has 4 nitrogen and oxygen atoms in total. The lowest BCUT2D eigenvalue weighted by Gasteiger charge is -2.13. The Bertz CT molecular complexity index is 472. The van der Waals surface area contributed by atoms with Gasteiger partial charge < -0.3 is 5.32 Å². The molecule has 102 valence electrons. The second kappa shape index (κ2) is 6.75. The second-order valence-electron chi connectivity index (χ2n) is 4.41. The van der Waals surface area contributed by atoms with E-state index >= 15 is 0 Å². The molecule has 1 unspecified atom stereocenters. The van der Waals surface area contributed by atoms with Gasteiger partial charge in [0.25, 0.3) is 0 Å². The van der Waals surface area contributed by atoms with Crippen molar-refractivity contribution >= 4 is 15.7 Å². The van der Waals surface area contributed by atoms with Crippen molar-refractivity contribution in [3.05, 3.63) is 29.8 Å². The third-order valence-corrected chi connectivity index (χ3v) is 4.23. The molecule has 0 fully saturated rings. The van der Waals surface area contributed by atoms with E-state index in [1.165, 1.54) is 0 Å². The summed E-state index contributed by atoms with van der Waals surface area (Å²) in [6.07, 6.45) is 1.56. The number of sulfonamides is 1. The van der Waals surface area contributed by atoms with Gasteiger partial charge in [-0.3, -0.25) is 4.72 Å². The van der Waals surface area contributed by atoms with E-state index in [9.17, 15) is 8.42 Å². The summed E-state index contributed by atoms with van der Waals surface area (Å²) in [7, 11) is -1.34. The lowest BCUT2D eigenvalue weighted by molar-refractivity contribution is 0.598. The van der Waals surface area contributed by atoms with Crippen LogP contribution in [0.5, 0.6) is 0 Å². The van der Waals surface area contributed by atoms with Gasteiger partial charge >= 0.3 is 0 Å². The van der Waals surface area contributed by atoms with Gasteiger partial charge in [-0.05, 0) is 38.1 Å². The van der Waals surface area contributed by atoms with E-state index in [4.69, 9.17) is 0 Å². The fourth-order valence-electron chi connectivity index (χ4n) is 1.60. The zero-order valence-electron chi connectivity index (χ0n) is 11.2. The van der Waals surface area contributed by atoms with Gasteiger partial charge in [0.2, 0.25) is 10.0 Å². The van der Waals surface area contributed by atoms with Crippen molar-refractivity contribution in [1.82, 2.24) is 5.32 Å². The Morgan fingerprint density at radius 2 is 2.06 bits per heavy atom. The Hall–Kier alpha value is -1.07. The smallest absolute Gasteiger partial charge is 0.232 e. The quantitative estimate of drug-likeness (QED) is 0.800. The molecule has 5 heteroatoms. The van der Waals surface area contributed by atoms with Crippen molar-refractivity contribution in [2.45, 2.75) is 32.7 Å². The van der Waals surface area contributed by atoms with Gasteiger partial charge in [0, 0.05) is 11.7 Å². The van der Waals surface area contributed by atoms with Crippen LogP contribution in [-0.2, 0) is 10.0 Å². The topological polar surface area (TPSA) is 58.2 Å². The van der Waals surface area contributed by atoms with Crippen LogP contribution in [0.3, 0.4) is 0 Å². The van der Waals surface area contributed by atoms with E-state index in [0.717, 1.165) is 12.0 Å². The molecule has 1 atom stereocenters. The normalized spacial score (nSPS) is 13.3. The van der Waals surface area contributed by atoms with Crippen LogP contribution < -0.4 is 10.0 Å². The van der Waals surface area contributed by atoms with Crippen LogP contribution in [0, 0.1) is 0 Å². The highest BCUT2D eigenvalue weighted by atomic mass is 32.2. The molecule has 0 amide bonds. The Labute approximate surface area is 110 Å². The lowest BCUT2D eigenvalue weighted by atomic mass is 10.1. The van der Waals surface area contributed by atoms with Crippen LogP contribution in [0.1, 0.15) is 38.3 Å². The van der Waals surface area contributed by atoms with Crippen molar-refractivity contribution in [3.8, 4) is 0 Å². The molecule has 0 saturated carbocycles. The average Bonchev–Trinajstić information content (AvgIpc) is 2.35. The summed E-state index contributed by atoms with van der Waals surface area (Å²) in [5.41, 5.74) is 1.69. The molecule has 2 N–H and O–H groups in total. The van der Waals surface area contributed by atoms with Crippen molar-refractivity contribution in [2.24, 2.45) is 0 Å². The summed E-state index contributed by atoms with van der Waals surface area (Å²) >= 11 is 0. The van der Waals surface area contributed by atoms with Crippen molar-refractivity contribution < 1.29 is 8.42 Å². The van der Waals surface area contributed by atoms with E-state index in [2.05, 4.69) is 10.0 Å². The van der Waals surface area contributed by atoms with Gasteiger partial charge in [0.1, 0.15) is 0 Å². The first-order chi connectivity index (χ1) is 8.48. The molecule has 18 heavy (non-hydrogen) atoms. The first-order valence-corrected chi connectivity index (χ1v) is 7.91. The summed E-state index contributed by atoms with van der Waals surface area (Å²) in [5, 5.41) is 3.13. The predicted octanol–water partition coefficient (Wildman–Crippen LogP) is 2.51. The highest BCUT2D eigenvalue weighted by molar-refractivity contribution is 7.92. The molecule has 0 heterocycles. The Morgan fingerprint density at radius 1 is 1.33 bits per heavy atom. The highest BCUT2D eigenvalue weighted by Crippen LogP contribution is 2.18. The molecule has 0 spiro atoms. The minimum Gasteiger partial charge on any atom is -0.313 e. The van der Waals surface area contributed by atoms with Crippen LogP contribution >= 0.6 is 0 Å². The van der Waals surface area contributed by atoms with E-state index in [-0.39, 0.29) is 11.8 Å². The predicted molar refractivity (Wildman–Crippen MR) is 76.2 cm³/mol. The maximum absolute atomic E-state index is 11.8. The number of benzene rings is 1. The number of nitrogens with one attached hydrogen (secondary N) is 2. The average molecular weight is 270 g/mol. The molecule has 0 aromatic heterocycles. The van der Waals surface area contributed by atoms with Crippen LogP contribution in [0.15, 0.2) is 24.3 Å². The molecule has 0 aliphatic heterocycles. The van der Waals surface area contributed by atoms with E-state index in [1.807, 2.05) is 39.1 Å². The van der Waals surface area contributed by atoms with Crippen LogP contribution in [-0.4, -0.2) is 21.2 Å². The first-order valence-electron chi connectivity index (χ1n) is 6.26. The van der Waals surface area contributed by atoms with E-state index < -0.39 is 10.0 Å². The first kappa shape index (κ1) is 15.0. The Morgan fingerprint density at radius 3 is 2.67 bits per heavy atom. The largest absolute Gasteiger partial charge is 0.313 e. The Balaban J connectivity index is 2.79. The Kier molecular flexibility index (Phi) is 5.62. The van der Waals surface area contributed by atoms with Gasteiger partial charge in [-0.15, -0.1) is 0 Å². The fraction of sp³-hybridized carbons (Fsp3) is 0.538. The summed E-state index contributed by atoms with van der Waals surface area (Å²) in [5.74, 6) is 0.176. The minimum atomic E-state index is -3.22. The maximum Gasteiger partial charge on any atom is 0.232 e. The van der Waals surface area contributed by atoms with Gasteiger partial charge in [-0.25, -0.2) is 8.42 Å². The summed E-state index contributed by atoms with van der Waals surface area (Å²) < 4.78 is 26.2. The molecular formula is C13H22N2O2S. The summed E-state index contributed by atoms with van der Waals surface area (Å²) in [4.78, 5) is 0. The minimum absolute atomic E-state index is 0.176. The molecule has 0 bridgehead atoms. The van der Waals surface area contributed by atoms with Gasteiger partial charge in [0.15, 0.2) is 0 Å². The molecule has 1 aromatic carbocycles. The number of unbranched alkanes of at least 4 members (excludes halogenated alkanes) is 1. The molecule has 0 aliphatic carbocycles. The SMILES string of the molecule is CCCCS(=O)(=O)Nc1cccc(C(C)NC)c1. The molecule has 0 radical (unpaired) electrons. The van der Waals surface area contributed by atoms with E-state index in [1.54, 1.807) is 6.07 Å². The number of rotatable bonds is 7. The number of hydrogen-bond donors (Lipinski definition) is 2. The molecule has 0 saturated heterocycles. The third kappa shape index (κ3) is 4.66. The summed E-state index contributed by atoms with van der Waals surface area (Å²) in [6, 6.07) is 7.68. The van der Waals surface area contributed by atoms with Gasteiger partial charge in [0.05, 0.1) is 5.75 Å². The number of hydrogen-bond acceptors (Lipinski definition) is 3. The molecule has 1 rings (SSSR count). The van der Waals surface area contributed by atoms with Crippen molar-refractivity contribution in [1.29, 1.82) is 0 Å². The van der Waals surface area contributed by atoms with Crippen molar-refractivity contribution in [3.63, 3.8) is 0 Å². The fourth-order valence-corrected chi connectivity index (χ4v) is 2.86. The van der Waals surface area contributed by atoms with Crippen LogP contribution in [0.25, 0.3) is 0 Å².